The molecule has 1 aliphatic heterocycles. The molecule has 0 saturated heterocycles. The second-order valence-corrected chi connectivity index (χ2v) is 7.44. The van der Waals surface area contributed by atoms with Crippen molar-refractivity contribution in [2.45, 2.75) is 17.9 Å². The van der Waals surface area contributed by atoms with Crippen LogP contribution in [0.1, 0.15) is 11.1 Å². The first kappa shape index (κ1) is 17.0. The van der Waals surface area contributed by atoms with Crippen molar-refractivity contribution in [1.82, 2.24) is 4.90 Å². The van der Waals surface area contributed by atoms with E-state index in [1.807, 2.05) is 30.3 Å². The van der Waals surface area contributed by atoms with E-state index in [-0.39, 0.29) is 0 Å². The molecule has 0 saturated carbocycles. The molecule has 1 heterocycles. The Morgan fingerprint density at radius 2 is 1.71 bits per heavy atom. The van der Waals surface area contributed by atoms with Gasteiger partial charge in [0.05, 0.1) is 25.0 Å². The molecule has 0 radical (unpaired) electrons. The van der Waals surface area contributed by atoms with Crippen LogP contribution in [0.5, 0.6) is 11.5 Å². The van der Waals surface area contributed by atoms with Crippen LogP contribution in [-0.4, -0.2) is 42.2 Å². The van der Waals surface area contributed by atoms with E-state index < -0.39 is 10.8 Å². The summed E-state index contributed by atoms with van der Waals surface area (Å²) in [6.45, 7) is 2.67. The van der Waals surface area contributed by atoms with Gasteiger partial charge in [0.25, 0.3) is 0 Å². The van der Waals surface area contributed by atoms with E-state index in [2.05, 4.69) is 17.0 Å². The zero-order valence-corrected chi connectivity index (χ0v) is 15.0. The van der Waals surface area contributed by atoms with Gasteiger partial charge in [0.2, 0.25) is 0 Å². The number of hydrogen-bond acceptors (Lipinski definition) is 4. The maximum atomic E-state index is 12.4. The van der Waals surface area contributed by atoms with Gasteiger partial charge in [-0.1, -0.05) is 18.2 Å². The Morgan fingerprint density at radius 1 is 1.04 bits per heavy atom. The van der Waals surface area contributed by atoms with Crippen LogP contribution in [0.3, 0.4) is 0 Å². The zero-order chi connectivity index (χ0) is 16.9. The zero-order valence-electron chi connectivity index (χ0n) is 14.2. The molecule has 0 unspecified atom stereocenters. The average molecular weight is 345 g/mol. The van der Waals surface area contributed by atoms with Crippen LogP contribution in [0.15, 0.2) is 47.4 Å². The van der Waals surface area contributed by atoms with E-state index in [1.165, 1.54) is 11.1 Å². The third-order valence-corrected chi connectivity index (χ3v) is 5.75. The lowest BCUT2D eigenvalue weighted by atomic mass is 9.99. The fraction of sp³-hybridized carbons (Fsp3) is 0.368. The standard InChI is InChI=1S/C19H23NO3S/c1-22-18-12-15-8-9-20(14-16(15)13-19(18)23-2)10-11-24(21)17-6-4-3-5-7-17/h3-7,12-13H,8-11,14H2,1-2H3/t24-/m0/s1. The summed E-state index contributed by atoms with van der Waals surface area (Å²) in [4.78, 5) is 3.26. The average Bonchev–Trinajstić information content (AvgIpc) is 2.65. The molecule has 24 heavy (non-hydrogen) atoms. The van der Waals surface area contributed by atoms with E-state index in [1.54, 1.807) is 14.2 Å². The second kappa shape index (κ2) is 7.81. The first-order chi connectivity index (χ1) is 11.7. The summed E-state index contributed by atoms with van der Waals surface area (Å²) < 4.78 is 23.1. The number of methoxy groups -OCH3 is 2. The predicted molar refractivity (Wildman–Crippen MR) is 96.2 cm³/mol. The van der Waals surface area contributed by atoms with Crippen LogP contribution in [-0.2, 0) is 23.8 Å². The van der Waals surface area contributed by atoms with Gasteiger partial charge in [0.1, 0.15) is 0 Å². The molecule has 3 rings (SSSR count). The highest BCUT2D eigenvalue weighted by molar-refractivity contribution is 7.85. The van der Waals surface area contributed by atoms with Crippen molar-refractivity contribution < 1.29 is 13.7 Å². The van der Waals surface area contributed by atoms with E-state index in [9.17, 15) is 4.21 Å². The summed E-state index contributed by atoms with van der Waals surface area (Å²) >= 11 is 0. The first-order valence-electron chi connectivity index (χ1n) is 8.11. The van der Waals surface area contributed by atoms with Crippen LogP contribution in [0.4, 0.5) is 0 Å². The van der Waals surface area contributed by atoms with Crippen molar-refractivity contribution in [1.29, 1.82) is 0 Å². The number of benzene rings is 2. The van der Waals surface area contributed by atoms with Crippen LogP contribution in [0.25, 0.3) is 0 Å². The first-order valence-corrected chi connectivity index (χ1v) is 9.42. The lowest BCUT2D eigenvalue weighted by Gasteiger charge is -2.29. The van der Waals surface area contributed by atoms with Gasteiger partial charge in [-0.3, -0.25) is 9.11 Å². The SMILES string of the molecule is COc1cc2c(cc1OC)CN(CC[S@](=O)c1ccccc1)CC2. The quantitative estimate of drug-likeness (QED) is 0.807. The molecule has 5 heteroatoms. The van der Waals surface area contributed by atoms with Gasteiger partial charge < -0.3 is 9.47 Å². The van der Waals surface area contributed by atoms with Crippen molar-refractivity contribution in [3.63, 3.8) is 0 Å². The van der Waals surface area contributed by atoms with E-state index in [0.717, 1.165) is 42.4 Å². The number of nitrogens with zero attached hydrogens (tertiary/aromatic N) is 1. The summed E-state index contributed by atoms with van der Waals surface area (Å²) in [5.41, 5.74) is 2.58. The molecule has 0 aromatic heterocycles. The normalized spacial score (nSPS) is 15.6. The van der Waals surface area contributed by atoms with Crippen molar-refractivity contribution in [3.05, 3.63) is 53.6 Å². The maximum Gasteiger partial charge on any atom is 0.161 e. The number of fused-ring (bicyclic) bond motifs is 1. The van der Waals surface area contributed by atoms with Gasteiger partial charge in [-0.2, -0.15) is 0 Å². The lowest BCUT2D eigenvalue weighted by molar-refractivity contribution is 0.267. The molecule has 128 valence electrons. The Bertz CT molecular complexity index is 718. The molecule has 0 fully saturated rings. The van der Waals surface area contributed by atoms with Gasteiger partial charge in [0, 0.05) is 30.3 Å². The number of hydrogen-bond donors (Lipinski definition) is 0. The topological polar surface area (TPSA) is 38.8 Å². The summed E-state index contributed by atoms with van der Waals surface area (Å²) in [7, 11) is 2.39. The van der Waals surface area contributed by atoms with Crippen LogP contribution in [0.2, 0.25) is 0 Å². The van der Waals surface area contributed by atoms with Gasteiger partial charge in [-0.05, 0) is 41.8 Å². The highest BCUT2D eigenvalue weighted by Gasteiger charge is 2.19. The minimum Gasteiger partial charge on any atom is -0.493 e. The monoisotopic (exact) mass is 345 g/mol. The van der Waals surface area contributed by atoms with Crippen molar-refractivity contribution in [3.8, 4) is 11.5 Å². The smallest absolute Gasteiger partial charge is 0.161 e. The van der Waals surface area contributed by atoms with Gasteiger partial charge in [-0.15, -0.1) is 0 Å². The molecule has 0 amide bonds. The van der Waals surface area contributed by atoms with Crippen LogP contribution >= 0.6 is 0 Å². The summed E-state index contributed by atoms with van der Waals surface area (Å²) in [6, 6.07) is 13.8. The molecule has 1 atom stereocenters. The molecule has 1 aliphatic rings. The molecule has 0 aliphatic carbocycles. The van der Waals surface area contributed by atoms with Crippen molar-refractivity contribution in [2.24, 2.45) is 0 Å². The fourth-order valence-corrected chi connectivity index (χ4v) is 4.16. The Morgan fingerprint density at radius 3 is 2.38 bits per heavy atom. The van der Waals surface area contributed by atoms with E-state index in [4.69, 9.17) is 9.47 Å². The molecule has 2 aromatic rings. The van der Waals surface area contributed by atoms with Crippen LogP contribution < -0.4 is 9.47 Å². The molecule has 0 N–H and O–H groups in total. The van der Waals surface area contributed by atoms with Gasteiger partial charge in [0.15, 0.2) is 11.5 Å². The van der Waals surface area contributed by atoms with Crippen molar-refractivity contribution >= 4 is 10.8 Å². The van der Waals surface area contributed by atoms with Gasteiger partial charge in [-0.25, -0.2) is 0 Å². The maximum absolute atomic E-state index is 12.4. The van der Waals surface area contributed by atoms with Crippen molar-refractivity contribution in [2.75, 3.05) is 33.1 Å². The molecule has 0 bridgehead atoms. The second-order valence-electron chi connectivity index (χ2n) is 5.86. The summed E-state index contributed by atoms with van der Waals surface area (Å²) in [5, 5.41) is 0. The Balaban J connectivity index is 1.64. The molecule has 4 nitrogen and oxygen atoms in total. The Hall–Kier alpha value is -1.85. The highest BCUT2D eigenvalue weighted by atomic mass is 32.2. The fourth-order valence-electron chi connectivity index (χ4n) is 3.03. The molecular weight excluding hydrogens is 322 g/mol. The molecule has 2 aromatic carbocycles. The Labute approximate surface area is 145 Å². The Kier molecular flexibility index (Phi) is 5.53. The number of ether oxygens (including phenoxy) is 2. The lowest BCUT2D eigenvalue weighted by Crippen LogP contribution is -2.33. The van der Waals surface area contributed by atoms with Crippen LogP contribution in [0, 0.1) is 0 Å². The third-order valence-electron chi connectivity index (χ3n) is 4.40. The predicted octanol–water partition coefficient (Wildman–Crippen LogP) is 2.87. The summed E-state index contributed by atoms with van der Waals surface area (Å²) in [6.07, 6.45) is 0.980. The highest BCUT2D eigenvalue weighted by Crippen LogP contribution is 2.33. The minimum atomic E-state index is -0.940. The van der Waals surface area contributed by atoms with Gasteiger partial charge >= 0.3 is 0 Å². The largest absolute Gasteiger partial charge is 0.493 e. The number of rotatable bonds is 6. The molecular formula is C19H23NO3S. The van der Waals surface area contributed by atoms with E-state index in [0.29, 0.717) is 5.75 Å². The summed E-state index contributed by atoms with van der Waals surface area (Å²) in [5.74, 6) is 2.22. The van der Waals surface area contributed by atoms with E-state index >= 15 is 0 Å². The molecule has 0 spiro atoms. The third kappa shape index (κ3) is 3.79. The minimum absolute atomic E-state index is 0.659.